The summed E-state index contributed by atoms with van der Waals surface area (Å²) in [6.07, 6.45) is -3.77. The Morgan fingerprint density at radius 3 is 2.53 bits per heavy atom. The van der Waals surface area contributed by atoms with Crippen LogP contribution in [0.15, 0.2) is 0 Å². The molecule has 0 saturated carbocycles. The Morgan fingerprint density at radius 1 is 1.47 bits per heavy atom. The number of halogens is 3. The van der Waals surface area contributed by atoms with Crippen molar-refractivity contribution >= 4 is 5.97 Å². The average molecular weight is 253 g/mol. The maximum Gasteiger partial charge on any atom is 0.404 e. The van der Waals surface area contributed by atoms with Gasteiger partial charge in [-0.2, -0.15) is 13.2 Å². The van der Waals surface area contributed by atoms with E-state index in [2.05, 4.69) is 0 Å². The van der Waals surface area contributed by atoms with Gasteiger partial charge in [0.15, 0.2) is 0 Å². The van der Waals surface area contributed by atoms with Crippen LogP contribution in [0.25, 0.3) is 0 Å². The van der Waals surface area contributed by atoms with Gasteiger partial charge < -0.3 is 5.11 Å². The molecule has 1 heterocycles. The van der Waals surface area contributed by atoms with Gasteiger partial charge in [-0.05, 0) is 32.2 Å². The van der Waals surface area contributed by atoms with E-state index >= 15 is 0 Å². The maximum absolute atomic E-state index is 12.9. The molecule has 17 heavy (non-hydrogen) atoms. The quantitative estimate of drug-likeness (QED) is 0.840. The number of rotatable bonds is 3. The summed E-state index contributed by atoms with van der Waals surface area (Å²) in [4.78, 5) is 11.9. The van der Waals surface area contributed by atoms with Crippen LogP contribution in [-0.4, -0.2) is 40.8 Å². The van der Waals surface area contributed by atoms with Gasteiger partial charge in [-0.15, -0.1) is 0 Å². The van der Waals surface area contributed by atoms with E-state index in [4.69, 9.17) is 5.11 Å². The molecular weight excluding hydrogens is 235 g/mol. The predicted molar refractivity (Wildman–Crippen MR) is 56.7 cm³/mol. The minimum absolute atomic E-state index is 0.169. The molecule has 3 atom stereocenters. The van der Waals surface area contributed by atoms with Crippen LogP contribution < -0.4 is 0 Å². The summed E-state index contributed by atoms with van der Waals surface area (Å²) in [6, 6.07) is -2.09. The van der Waals surface area contributed by atoms with Gasteiger partial charge in [0.05, 0.1) is 6.42 Å². The summed E-state index contributed by atoms with van der Waals surface area (Å²) in [6.45, 7) is 3.97. The van der Waals surface area contributed by atoms with Crippen LogP contribution in [0.4, 0.5) is 13.2 Å². The van der Waals surface area contributed by atoms with E-state index in [1.54, 1.807) is 6.92 Å². The van der Waals surface area contributed by atoms with Crippen LogP contribution in [-0.2, 0) is 4.79 Å². The molecule has 1 fully saturated rings. The number of nitrogens with zero attached hydrogens (tertiary/aromatic N) is 1. The summed E-state index contributed by atoms with van der Waals surface area (Å²) in [5, 5.41) is 8.60. The molecule has 0 spiro atoms. The first-order valence-corrected chi connectivity index (χ1v) is 5.77. The third-order valence-corrected chi connectivity index (χ3v) is 3.57. The monoisotopic (exact) mass is 253 g/mol. The van der Waals surface area contributed by atoms with Crippen molar-refractivity contribution in [2.75, 3.05) is 6.54 Å². The Kier molecular flexibility index (Phi) is 4.41. The van der Waals surface area contributed by atoms with Gasteiger partial charge in [0.25, 0.3) is 0 Å². The third kappa shape index (κ3) is 3.59. The summed E-state index contributed by atoms with van der Waals surface area (Å²) < 4.78 is 38.6. The van der Waals surface area contributed by atoms with E-state index in [0.717, 1.165) is 6.42 Å². The highest BCUT2D eigenvalue weighted by Gasteiger charge is 2.47. The van der Waals surface area contributed by atoms with E-state index in [0.29, 0.717) is 13.0 Å². The molecule has 0 aromatic heterocycles. The minimum Gasteiger partial charge on any atom is -0.481 e. The molecule has 0 amide bonds. The highest BCUT2D eigenvalue weighted by Crippen LogP contribution is 2.33. The second kappa shape index (κ2) is 5.25. The molecule has 1 rings (SSSR count). The van der Waals surface area contributed by atoms with Crippen molar-refractivity contribution in [1.82, 2.24) is 4.90 Å². The summed E-state index contributed by atoms with van der Waals surface area (Å²) >= 11 is 0. The predicted octanol–water partition coefficient (Wildman–Crippen LogP) is 2.51. The fourth-order valence-corrected chi connectivity index (χ4v) is 2.39. The molecule has 100 valence electrons. The standard InChI is InChI=1S/C11H18F3NO2/c1-7-4-3-5-15(8(7)2)9(6-10(16)17)11(12,13)14/h7-9H,3-6H2,1-2H3,(H,16,17). The fourth-order valence-electron chi connectivity index (χ4n) is 2.39. The number of carbonyl (C=O) groups is 1. The Balaban J connectivity index is 2.85. The average Bonchev–Trinajstić information content (AvgIpc) is 2.17. The minimum atomic E-state index is -4.48. The van der Waals surface area contributed by atoms with Crippen LogP contribution in [0.5, 0.6) is 0 Å². The summed E-state index contributed by atoms with van der Waals surface area (Å²) in [5.74, 6) is -1.24. The topological polar surface area (TPSA) is 40.5 Å². The summed E-state index contributed by atoms with van der Waals surface area (Å²) in [5.41, 5.74) is 0. The van der Waals surface area contributed by atoms with Gasteiger partial charge in [0.1, 0.15) is 6.04 Å². The van der Waals surface area contributed by atoms with Crippen LogP contribution in [0.3, 0.4) is 0 Å². The van der Waals surface area contributed by atoms with E-state index in [-0.39, 0.29) is 12.0 Å². The lowest BCUT2D eigenvalue weighted by Crippen LogP contribution is -2.54. The van der Waals surface area contributed by atoms with Gasteiger partial charge in [0, 0.05) is 6.04 Å². The molecule has 3 unspecified atom stereocenters. The zero-order valence-electron chi connectivity index (χ0n) is 10.00. The lowest BCUT2D eigenvalue weighted by Gasteiger charge is -2.42. The van der Waals surface area contributed by atoms with Gasteiger partial charge in [-0.3, -0.25) is 9.69 Å². The van der Waals surface area contributed by atoms with Crippen LogP contribution in [0.2, 0.25) is 0 Å². The molecule has 0 aromatic carbocycles. The summed E-state index contributed by atoms with van der Waals surface area (Å²) in [7, 11) is 0. The molecule has 0 bridgehead atoms. The third-order valence-electron chi connectivity index (χ3n) is 3.57. The van der Waals surface area contributed by atoms with Crippen LogP contribution >= 0.6 is 0 Å². The van der Waals surface area contributed by atoms with Crippen LogP contribution in [0.1, 0.15) is 33.1 Å². The Bertz CT molecular complexity index is 280. The highest BCUT2D eigenvalue weighted by molar-refractivity contribution is 5.67. The van der Waals surface area contributed by atoms with E-state index in [1.165, 1.54) is 4.90 Å². The van der Waals surface area contributed by atoms with Gasteiger partial charge in [0.2, 0.25) is 0 Å². The maximum atomic E-state index is 12.9. The molecule has 1 aliphatic rings. The molecule has 1 N–H and O–H groups in total. The zero-order chi connectivity index (χ0) is 13.2. The van der Waals surface area contributed by atoms with Gasteiger partial charge in [-0.1, -0.05) is 6.92 Å². The molecule has 0 radical (unpaired) electrons. The molecule has 0 aromatic rings. The normalized spacial score (nSPS) is 29.0. The Labute approximate surface area is 98.6 Å². The first-order valence-electron chi connectivity index (χ1n) is 5.77. The first kappa shape index (κ1) is 14.3. The van der Waals surface area contributed by atoms with Crippen molar-refractivity contribution < 1.29 is 23.1 Å². The number of piperidine rings is 1. The number of carboxylic acids is 1. The van der Waals surface area contributed by atoms with E-state index in [1.807, 2.05) is 6.92 Å². The van der Waals surface area contributed by atoms with Crippen molar-refractivity contribution in [2.24, 2.45) is 5.92 Å². The second-order valence-electron chi connectivity index (χ2n) is 4.75. The Hall–Kier alpha value is -0.780. The second-order valence-corrected chi connectivity index (χ2v) is 4.75. The number of hydrogen-bond donors (Lipinski definition) is 1. The van der Waals surface area contributed by atoms with Gasteiger partial charge >= 0.3 is 12.1 Å². The number of aliphatic carboxylic acids is 1. The molecule has 1 aliphatic heterocycles. The highest BCUT2D eigenvalue weighted by atomic mass is 19.4. The lowest BCUT2D eigenvalue weighted by molar-refractivity contribution is -0.200. The van der Waals surface area contributed by atoms with Crippen molar-refractivity contribution in [3.63, 3.8) is 0 Å². The molecule has 0 aliphatic carbocycles. The number of hydrogen-bond acceptors (Lipinski definition) is 2. The molecule has 3 nitrogen and oxygen atoms in total. The van der Waals surface area contributed by atoms with Crippen molar-refractivity contribution in [2.45, 2.75) is 51.4 Å². The Morgan fingerprint density at radius 2 is 2.06 bits per heavy atom. The fraction of sp³-hybridized carbons (Fsp3) is 0.909. The molecule has 1 saturated heterocycles. The van der Waals surface area contributed by atoms with Crippen molar-refractivity contribution in [1.29, 1.82) is 0 Å². The van der Waals surface area contributed by atoms with Crippen molar-refractivity contribution in [3.8, 4) is 0 Å². The SMILES string of the molecule is CC1CCCN(C(CC(=O)O)C(F)(F)F)C1C. The smallest absolute Gasteiger partial charge is 0.404 e. The number of alkyl halides is 3. The molecule has 6 heteroatoms. The first-order chi connectivity index (χ1) is 7.73. The van der Waals surface area contributed by atoms with E-state index < -0.39 is 24.6 Å². The van der Waals surface area contributed by atoms with Gasteiger partial charge in [-0.25, -0.2) is 0 Å². The number of likely N-dealkylation sites (tertiary alicyclic amines) is 1. The van der Waals surface area contributed by atoms with E-state index in [9.17, 15) is 18.0 Å². The van der Waals surface area contributed by atoms with Crippen molar-refractivity contribution in [3.05, 3.63) is 0 Å². The lowest BCUT2D eigenvalue weighted by atomic mass is 9.90. The van der Waals surface area contributed by atoms with Crippen LogP contribution in [0, 0.1) is 5.92 Å². The zero-order valence-corrected chi connectivity index (χ0v) is 10.00. The number of carboxylic acid groups (broad SMARTS) is 1. The molecular formula is C11H18F3NO2. The largest absolute Gasteiger partial charge is 0.481 e.